The fourth-order valence-corrected chi connectivity index (χ4v) is 2.91. The molecule has 8 heteroatoms. The van der Waals surface area contributed by atoms with E-state index in [4.69, 9.17) is 11.6 Å². The molecular formula is C14H16ClN5O2. The second-order valence-corrected chi connectivity index (χ2v) is 5.82. The summed E-state index contributed by atoms with van der Waals surface area (Å²) in [6.07, 6.45) is 3.80. The second-order valence-electron chi connectivity index (χ2n) is 5.38. The van der Waals surface area contributed by atoms with Crippen molar-refractivity contribution in [3.63, 3.8) is 0 Å². The number of aliphatic hydroxyl groups is 1. The zero-order valence-electron chi connectivity index (χ0n) is 11.8. The van der Waals surface area contributed by atoms with Gasteiger partial charge >= 0.3 is 0 Å². The van der Waals surface area contributed by atoms with Crippen molar-refractivity contribution in [3.05, 3.63) is 35.1 Å². The van der Waals surface area contributed by atoms with E-state index in [0.717, 1.165) is 19.3 Å². The zero-order chi connectivity index (χ0) is 15.5. The minimum atomic E-state index is -0.335. The summed E-state index contributed by atoms with van der Waals surface area (Å²) in [5, 5.41) is 24.1. The summed E-state index contributed by atoms with van der Waals surface area (Å²) in [6, 6.07) is 4.95. The number of aromatic nitrogens is 4. The molecule has 1 fully saturated rings. The Balaban J connectivity index is 1.78. The van der Waals surface area contributed by atoms with Crippen LogP contribution in [0.25, 0.3) is 5.69 Å². The first kappa shape index (κ1) is 14.9. The Hall–Kier alpha value is -1.99. The predicted octanol–water partition coefficient (Wildman–Crippen LogP) is 1.21. The molecule has 2 atom stereocenters. The van der Waals surface area contributed by atoms with E-state index in [1.54, 1.807) is 18.2 Å². The van der Waals surface area contributed by atoms with Crippen LogP contribution in [0.3, 0.4) is 0 Å². The van der Waals surface area contributed by atoms with Crippen LogP contribution in [0, 0.1) is 5.92 Å². The van der Waals surface area contributed by atoms with Crippen molar-refractivity contribution in [2.45, 2.75) is 25.4 Å². The first-order chi connectivity index (χ1) is 10.6. The lowest BCUT2D eigenvalue weighted by atomic mass is 10.1. The third-order valence-electron chi connectivity index (χ3n) is 3.94. The van der Waals surface area contributed by atoms with Gasteiger partial charge in [-0.15, -0.1) is 5.10 Å². The molecule has 1 aromatic heterocycles. The van der Waals surface area contributed by atoms with Crippen LogP contribution >= 0.6 is 11.6 Å². The number of carbonyl (C=O) groups excluding carboxylic acids is 1. The van der Waals surface area contributed by atoms with E-state index < -0.39 is 0 Å². The average Bonchev–Trinajstić information content (AvgIpc) is 3.16. The quantitative estimate of drug-likeness (QED) is 0.883. The highest BCUT2D eigenvalue weighted by molar-refractivity contribution is 6.31. The number of hydrogen-bond donors (Lipinski definition) is 2. The van der Waals surface area contributed by atoms with Gasteiger partial charge in [0.25, 0.3) is 5.91 Å². The van der Waals surface area contributed by atoms with Gasteiger partial charge in [0.1, 0.15) is 6.33 Å². The van der Waals surface area contributed by atoms with E-state index in [0.29, 0.717) is 22.8 Å². The third-order valence-corrected chi connectivity index (χ3v) is 4.18. The SMILES string of the molecule is O=C(NCC1CCCC1O)c1cc(Cl)ccc1-n1cnnn1. The molecule has 1 saturated carbocycles. The maximum Gasteiger partial charge on any atom is 0.253 e. The number of halogens is 1. The lowest BCUT2D eigenvalue weighted by molar-refractivity contribution is 0.0916. The van der Waals surface area contributed by atoms with Gasteiger partial charge in [0.2, 0.25) is 0 Å². The van der Waals surface area contributed by atoms with E-state index in [1.165, 1.54) is 11.0 Å². The zero-order valence-corrected chi connectivity index (χ0v) is 12.6. The lowest BCUT2D eigenvalue weighted by Crippen LogP contribution is -2.33. The smallest absolute Gasteiger partial charge is 0.253 e. The molecule has 2 N–H and O–H groups in total. The van der Waals surface area contributed by atoms with E-state index in [2.05, 4.69) is 20.8 Å². The number of aliphatic hydroxyl groups excluding tert-OH is 1. The monoisotopic (exact) mass is 321 g/mol. The maximum absolute atomic E-state index is 12.4. The van der Waals surface area contributed by atoms with Crippen LogP contribution < -0.4 is 5.32 Å². The van der Waals surface area contributed by atoms with Crippen LogP contribution in [0.5, 0.6) is 0 Å². The molecular weight excluding hydrogens is 306 g/mol. The van der Waals surface area contributed by atoms with Crippen LogP contribution in [-0.4, -0.2) is 43.9 Å². The Bertz CT molecular complexity index is 661. The first-order valence-electron chi connectivity index (χ1n) is 7.14. The molecule has 1 aliphatic rings. The van der Waals surface area contributed by atoms with Crippen molar-refractivity contribution in [1.82, 2.24) is 25.5 Å². The molecule has 2 unspecified atom stereocenters. The molecule has 0 radical (unpaired) electrons. The largest absolute Gasteiger partial charge is 0.393 e. The molecule has 1 amide bonds. The second kappa shape index (κ2) is 6.41. The van der Waals surface area contributed by atoms with Crippen molar-refractivity contribution in [1.29, 1.82) is 0 Å². The van der Waals surface area contributed by atoms with E-state index in [9.17, 15) is 9.90 Å². The molecule has 0 aliphatic heterocycles. The van der Waals surface area contributed by atoms with Gasteiger partial charge in [-0.25, -0.2) is 0 Å². The molecule has 1 aromatic carbocycles. The minimum absolute atomic E-state index is 0.111. The molecule has 0 saturated heterocycles. The topological polar surface area (TPSA) is 92.9 Å². The van der Waals surface area contributed by atoms with Gasteiger partial charge in [0.05, 0.1) is 17.4 Å². The summed E-state index contributed by atoms with van der Waals surface area (Å²) >= 11 is 5.99. The molecule has 2 aromatic rings. The third kappa shape index (κ3) is 3.10. The molecule has 3 rings (SSSR count). The van der Waals surface area contributed by atoms with Gasteiger partial charge in [-0.3, -0.25) is 4.79 Å². The highest BCUT2D eigenvalue weighted by atomic mass is 35.5. The average molecular weight is 322 g/mol. The number of carbonyl (C=O) groups is 1. The molecule has 1 aliphatic carbocycles. The number of amides is 1. The van der Waals surface area contributed by atoms with Crippen molar-refractivity contribution in [2.75, 3.05) is 6.54 Å². The van der Waals surface area contributed by atoms with Gasteiger partial charge < -0.3 is 10.4 Å². The number of hydrogen-bond acceptors (Lipinski definition) is 5. The van der Waals surface area contributed by atoms with E-state index in [1.807, 2.05) is 0 Å². The standard InChI is InChI=1S/C14H16ClN5O2/c15-10-4-5-12(20-8-17-18-19-20)11(6-10)14(22)16-7-9-2-1-3-13(9)21/h4-6,8-9,13,21H,1-3,7H2,(H,16,22). The van der Waals surface area contributed by atoms with Crippen LogP contribution in [0.4, 0.5) is 0 Å². The van der Waals surface area contributed by atoms with E-state index >= 15 is 0 Å². The van der Waals surface area contributed by atoms with Crippen LogP contribution in [-0.2, 0) is 0 Å². The van der Waals surface area contributed by atoms with Crippen LogP contribution in [0.2, 0.25) is 5.02 Å². The number of benzene rings is 1. The molecule has 0 spiro atoms. The predicted molar refractivity (Wildman–Crippen MR) is 79.8 cm³/mol. The number of nitrogens with one attached hydrogen (secondary N) is 1. The Morgan fingerprint density at radius 3 is 3.00 bits per heavy atom. The Morgan fingerprint density at radius 2 is 2.32 bits per heavy atom. The van der Waals surface area contributed by atoms with Gasteiger partial charge in [0.15, 0.2) is 0 Å². The molecule has 1 heterocycles. The summed E-state index contributed by atoms with van der Waals surface area (Å²) in [6.45, 7) is 0.446. The minimum Gasteiger partial charge on any atom is -0.393 e. The van der Waals surface area contributed by atoms with E-state index in [-0.39, 0.29) is 17.9 Å². The Kier molecular flexibility index (Phi) is 4.35. The van der Waals surface area contributed by atoms with Crippen LogP contribution in [0.15, 0.2) is 24.5 Å². The summed E-state index contributed by atoms with van der Waals surface area (Å²) < 4.78 is 1.41. The highest BCUT2D eigenvalue weighted by Crippen LogP contribution is 2.25. The summed E-state index contributed by atoms with van der Waals surface area (Å²) in [5.41, 5.74) is 0.950. The highest BCUT2D eigenvalue weighted by Gasteiger charge is 2.26. The number of nitrogens with zero attached hydrogens (tertiary/aromatic N) is 4. The van der Waals surface area contributed by atoms with Gasteiger partial charge in [-0.2, -0.15) is 4.68 Å². The van der Waals surface area contributed by atoms with Crippen molar-refractivity contribution in [2.24, 2.45) is 5.92 Å². The Morgan fingerprint density at radius 1 is 1.45 bits per heavy atom. The fraction of sp³-hybridized carbons (Fsp3) is 0.429. The summed E-state index contributed by atoms with van der Waals surface area (Å²) in [5.74, 6) is -0.147. The molecule has 22 heavy (non-hydrogen) atoms. The normalized spacial score (nSPS) is 21.0. The van der Waals surface area contributed by atoms with Gasteiger partial charge in [-0.05, 0) is 41.5 Å². The fourth-order valence-electron chi connectivity index (χ4n) is 2.74. The van der Waals surface area contributed by atoms with Crippen LogP contribution in [0.1, 0.15) is 29.6 Å². The molecule has 116 valence electrons. The first-order valence-corrected chi connectivity index (χ1v) is 7.52. The van der Waals surface area contributed by atoms with Crippen molar-refractivity contribution < 1.29 is 9.90 Å². The molecule has 0 bridgehead atoms. The summed E-state index contributed by atoms with van der Waals surface area (Å²) in [7, 11) is 0. The summed E-state index contributed by atoms with van der Waals surface area (Å²) in [4.78, 5) is 12.4. The Labute approximate surface area is 132 Å². The molecule has 7 nitrogen and oxygen atoms in total. The maximum atomic E-state index is 12.4. The van der Waals surface area contributed by atoms with Gasteiger partial charge in [0, 0.05) is 17.5 Å². The number of rotatable bonds is 4. The van der Waals surface area contributed by atoms with Gasteiger partial charge in [-0.1, -0.05) is 18.0 Å². The number of tetrazole rings is 1. The van der Waals surface area contributed by atoms with Crippen molar-refractivity contribution in [3.8, 4) is 5.69 Å². The lowest BCUT2D eigenvalue weighted by Gasteiger charge is -2.16. The van der Waals surface area contributed by atoms with Crippen molar-refractivity contribution >= 4 is 17.5 Å².